The van der Waals surface area contributed by atoms with Crippen molar-refractivity contribution in [2.45, 2.75) is 18.6 Å². The lowest BCUT2D eigenvalue weighted by molar-refractivity contribution is -0.136. The third kappa shape index (κ3) is 6.26. The number of carbonyl (C=O) groups is 1. The van der Waals surface area contributed by atoms with Crippen LogP contribution < -0.4 is 5.32 Å². The van der Waals surface area contributed by atoms with E-state index in [-0.39, 0.29) is 29.8 Å². The highest BCUT2D eigenvalue weighted by molar-refractivity contribution is 7.91. The molecule has 2 atom stereocenters. The number of likely N-dealkylation sites (N-methyl/N-ethyl adjacent to an activating group) is 1. The van der Waals surface area contributed by atoms with E-state index in [1.54, 1.807) is 7.05 Å². The second-order valence-corrected chi connectivity index (χ2v) is 5.90. The van der Waals surface area contributed by atoms with E-state index in [4.69, 9.17) is 21.8 Å². The number of nitrogens with one attached hydrogen (secondary N) is 1. The van der Waals surface area contributed by atoms with Crippen molar-refractivity contribution in [1.29, 1.82) is 0 Å². The fourth-order valence-electron chi connectivity index (χ4n) is 1.19. The van der Waals surface area contributed by atoms with Gasteiger partial charge in [0.25, 0.3) is 0 Å². The molecule has 1 heterocycles. The molecule has 16 heavy (non-hydrogen) atoms. The van der Waals surface area contributed by atoms with Crippen LogP contribution in [-0.4, -0.2) is 61.2 Å². The highest BCUT2D eigenvalue weighted by Gasteiger charge is 2.34. The maximum atomic E-state index is 10.8. The summed E-state index contributed by atoms with van der Waals surface area (Å²) in [7, 11) is -1.32. The number of aliphatic carboxylic acids is 1. The van der Waals surface area contributed by atoms with Crippen LogP contribution in [0.25, 0.3) is 0 Å². The lowest BCUT2D eigenvalue weighted by Gasteiger charge is -2.09. The Bertz CT molecular complexity index is 318. The molecule has 0 aromatic carbocycles. The zero-order valence-electron chi connectivity index (χ0n) is 8.89. The zero-order valence-corrected chi connectivity index (χ0v) is 10.5. The summed E-state index contributed by atoms with van der Waals surface area (Å²) in [5.74, 6) is -0.677. The van der Waals surface area contributed by atoms with Gasteiger partial charge in [-0.05, 0) is 7.05 Å². The molecule has 0 amide bonds. The molecule has 1 aliphatic rings. The van der Waals surface area contributed by atoms with Crippen LogP contribution in [0.2, 0.25) is 0 Å². The Balaban J connectivity index is 0.000000325. The minimum absolute atomic E-state index is 0.0571. The van der Waals surface area contributed by atoms with Crippen LogP contribution in [0.4, 0.5) is 0 Å². The summed E-state index contributed by atoms with van der Waals surface area (Å²) in [6, 6.07) is -0.273. The third-order valence-corrected chi connectivity index (χ3v) is 3.91. The van der Waals surface area contributed by atoms with E-state index in [2.05, 4.69) is 5.32 Å². The van der Waals surface area contributed by atoms with Crippen molar-refractivity contribution in [2.75, 3.05) is 24.4 Å². The lowest BCUT2D eigenvalue weighted by atomic mass is 10.2. The Morgan fingerprint density at radius 3 is 2.19 bits per heavy atom. The SMILES string of the molecule is CNC1CS(=O)(=O)CC1O.O=C(O)CCCl. The van der Waals surface area contributed by atoms with Gasteiger partial charge in [0.1, 0.15) is 0 Å². The number of hydrogen-bond donors (Lipinski definition) is 3. The van der Waals surface area contributed by atoms with Gasteiger partial charge in [0, 0.05) is 11.9 Å². The van der Waals surface area contributed by atoms with Crippen molar-refractivity contribution in [3.8, 4) is 0 Å². The molecule has 1 aliphatic heterocycles. The van der Waals surface area contributed by atoms with Gasteiger partial charge in [0.05, 0.1) is 24.0 Å². The third-order valence-electron chi connectivity index (χ3n) is 2.00. The molecule has 0 saturated carbocycles. The first kappa shape index (κ1) is 15.6. The summed E-state index contributed by atoms with van der Waals surface area (Å²) in [5, 5.41) is 19.7. The molecule has 0 radical (unpaired) electrons. The maximum absolute atomic E-state index is 10.8. The molecule has 0 aromatic rings. The average molecular weight is 274 g/mol. The standard InChI is InChI=1S/C5H11NO3S.C3H5ClO2/c1-6-4-2-10(8,9)3-5(4)7;4-2-1-3(5)6/h4-7H,2-3H2,1H3;1-2H2,(H,5,6). The molecular weight excluding hydrogens is 258 g/mol. The smallest absolute Gasteiger partial charge is 0.304 e. The Morgan fingerprint density at radius 1 is 1.50 bits per heavy atom. The number of aliphatic hydroxyl groups excluding tert-OH is 1. The number of carboxylic acid groups (broad SMARTS) is 1. The Hall–Kier alpha value is -0.370. The van der Waals surface area contributed by atoms with E-state index in [0.717, 1.165) is 0 Å². The summed E-state index contributed by atoms with van der Waals surface area (Å²) in [6.07, 6.45) is -0.670. The molecule has 0 aromatic heterocycles. The van der Waals surface area contributed by atoms with Crippen molar-refractivity contribution in [3.05, 3.63) is 0 Å². The minimum Gasteiger partial charge on any atom is -0.481 e. The number of aliphatic hydroxyl groups is 1. The van der Waals surface area contributed by atoms with Crippen LogP contribution in [0, 0.1) is 0 Å². The van der Waals surface area contributed by atoms with Crippen LogP contribution in [0.3, 0.4) is 0 Å². The Kier molecular flexibility index (Phi) is 6.89. The Morgan fingerprint density at radius 2 is 2.06 bits per heavy atom. The molecule has 0 aliphatic carbocycles. The van der Waals surface area contributed by atoms with Gasteiger partial charge in [-0.2, -0.15) is 0 Å². The van der Waals surface area contributed by atoms with Crippen LogP contribution >= 0.6 is 11.6 Å². The fraction of sp³-hybridized carbons (Fsp3) is 0.875. The van der Waals surface area contributed by atoms with E-state index in [9.17, 15) is 13.2 Å². The van der Waals surface area contributed by atoms with Crippen LogP contribution in [0.1, 0.15) is 6.42 Å². The second kappa shape index (κ2) is 7.05. The first-order valence-corrected chi connectivity index (χ1v) is 7.01. The van der Waals surface area contributed by atoms with E-state index in [1.807, 2.05) is 0 Å². The molecular formula is C8H16ClNO5S. The van der Waals surface area contributed by atoms with Gasteiger partial charge in [-0.25, -0.2) is 8.42 Å². The number of halogens is 1. The lowest BCUT2D eigenvalue weighted by Crippen LogP contribution is -2.35. The summed E-state index contributed by atoms with van der Waals surface area (Å²) in [5.41, 5.74) is 0. The number of rotatable bonds is 3. The molecule has 0 bridgehead atoms. The van der Waals surface area contributed by atoms with Gasteiger partial charge in [-0.3, -0.25) is 4.79 Å². The minimum atomic E-state index is -2.97. The predicted octanol–water partition coefficient (Wildman–Crippen LogP) is -0.936. The van der Waals surface area contributed by atoms with Gasteiger partial charge in [-0.15, -0.1) is 11.6 Å². The summed E-state index contributed by atoms with van der Waals surface area (Å²) in [6.45, 7) is 0. The van der Waals surface area contributed by atoms with Gasteiger partial charge in [0.2, 0.25) is 0 Å². The van der Waals surface area contributed by atoms with Crippen LogP contribution in [0.15, 0.2) is 0 Å². The summed E-state index contributed by atoms with van der Waals surface area (Å²) >= 11 is 5.02. The Labute approximate surface area is 99.5 Å². The van der Waals surface area contributed by atoms with Crippen molar-refractivity contribution in [3.63, 3.8) is 0 Å². The predicted molar refractivity (Wildman–Crippen MR) is 60.5 cm³/mol. The highest BCUT2D eigenvalue weighted by Crippen LogP contribution is 2.11. The van der Waals surface area contributed by atoms with Crippen molar-refractivity contribution in [1.82, 2.24) is 5.32 Å². The van der Waals surface area contributed by atoms with Gasteiger partial charge in [-0.1, -0.05) is 0 Å². The topological polar surface area (TPSA) is 104 Å². The van der Waals surface area contributed by atoms with Crippen molar-refractivity contribution < 1.29 is 23.4 Å². The highest BCUT2D eigenvalue weighted by atomic mass is 35.5. The molecule has 1 rings (SSSR count). The fourth-order valence-corrected chi connectivity index (χ4v) is 3.17. The molecule has 6 nitrogen and oxygen atoms in total. The van der Waals surface area contributed by atoms with Crippen molar-refractivity contribution in [2.24, 2.45) is 0 Å². The monoisotopic (exact) mass is 273 g/mol. The molecule has 96 valence electrons. The number of hydrogen-bond acceptors (Lipinski definition) is 5. The first-order valence-electron chi connectivity index (χ1n) is 4.66. The van der Waals surface area contributed by atoms with Gasteiger partial charge < -0.3 is 15.5 Å². The maximum Gasteiger partial charge on any atom is 0.304 e. The largest absolute Gasteiger partial charge is 0.481 e. The number of alkyl halides is 1. The molecule has 0 spiro atoms. The molecule has 8 heteroatoms. The quantitative estimate of drug-likeness (QED) is 0.574. The summed E-state index contributed by atoms with van der Waals surface area (Å²) in [4.78, 5) is 9.51. The molecule has 2 unspecified atom stereocenters. The van der Waals surface area contributed by atoms with E-state index in [1.165, 1.54) is 0 Å². The number of sulfone groups is 1. The molecule has 3 N–H and O–H groups in total. The first-order chi connectivity index (χ1) is 7.32. The average Bonchev–Trinajstić information content (AvgIpc) is 2.40. The van der Waals surface area contributed by atoms with Gasteiger partial charge >= 0.3 is 5.97 Å². The zero-order chi connectivity index (χ0) is 12.8. The molecule has 1 fully saturated rings. The second-order valence-electron chi connectivity index (χ2n) is 3.37. The van der Waals surface area contributed by atoms with Crippen molar-refractivity contribution >= 4 is 27.4 Å². The van der Waals surface area contributed by atoms with Crippen LogP contribution in [-0.2, 0) is 14.6 Å². The number of carboxylic acids is 1. The van der Waals surface area contributed by atoms with E-state index >= 15 is 0 Å². The van der Waals surface area contributed by atoms with E-state index < -0.39 is 21.9 Å². The molecule has 1 saturated heterocycles. The van der Waals surface area contributed by atoms with Gasteiger partial charge in [0.15, 0.2) is 9.84 Å². The van der Waals surface area contributed by atoms with Crippen LogP contribution in [0.5, 0.6) is 0 Å². The summed E-state index contributed by atoms with van der Waals surface area (Å²) < 4.78 is 21.6. The van der Waals surface area contributed by atoms with E-state index in [0.29, 0.717) is 0 Å². The normalized spacial score (nSPS) is 26.9.